The Morgan fingerprint density at radius 3 is 2.35 bits per heavy atom. The summed E-state index contributed by atoms with van der Waals surface area (Å²) in [4.78, 5) is 14.6. The Kier molecular flexibility index (Phi) is 4.08. The first-order chi connectivity index (χ1) is 8.17. The summed E-state index contributed by atoms with van der Waals surface area (Å²) in [6.07, 6.45) is 9.17. The highest BCUT2D eigenvalue weighted by atomic mass is 16.3. The molecule has 3 nitrogen and oxygen atoms in total. The van der Waals surface area contributed by atoms with Crippen LogP contribution in [0.3, 0.4) is 0 Å². The lowest BCUT2D eigenvalue weighted by Gasteiger charge is -2.43. The van der Waals surface area contributed by atoms with Crippen molar-refractivity contribution in [1.29, 1.82) is 0 Å². The Hall–Kier alpha value is -0.570. The smallest absolute Gasteiger partial charge is 0.228 e. The van der Waals surface area contributed by atoms with Crippen LogP contribution in [0.1, 0.15) is 58.3 Å². The maximum atomic E-state index is 12.7. The van der Waals surface area contributed by atoms with Crippen molar-refractivity contribution in [2.75, 3.05) is 13.2 Å². The molecule has 2 saturated carbocycles. The molecule has 17 heavy (non-hydrogen) atoms. The van der Waals surface area contributed by atoms with E-state index in [-0.39, 0.29) is 12.0 Å². The van der Waals surface area contributed by atoms with E-state index >= 15 is 0 Å². The summed E-state index contributed by atoms with van der Waals surface area (Å²) in [5, 5.41) is 9.14. The predicted molar refractivity (Wildman–Crippen MR) is 67.6 cm³/mol. The lowest BCUT2D eigenvalue weighted by atomic mass is 9.74. The molecule has 0 atom stereocenters. The molecule has 1 N–H and O–H groups in total. The van der Waals surface area contributed by atoms with Crippen LogP contribution in [0.25, 0.3) is 0 Å². The van der Waals surface area contributed by atoms with E-state index in [9.17, 15) is 4.79 Å². The average molecular weight is 239 g/mol. The molecule has 2 fully saturated rings. The highest BCUT2D eigenvalue weighted by molar-refractivity contribution is 5.82. The molecule has 0 spiro atoms. The Bertz CT molecular complexity index is 267. The summed E-state index contributed by atoms with van der Waals surface area (Å²) >= 11 is 0. The van der Waals surface area contributed by atoms with E-state index in [1.54, 1.807) is 0 Å². The van der Waals surface area contributed by atoms with Crippen molar-refractivity contribution < 1.29 is 9.90 Å². The van der Waals surface area contributed by atoms with Gasteiger partial charge in [-0.25, -0.2) is 0 Å². The number of carbonyl (C=O) groups is 1. The minimum Gasteiger partial charge on any atom is -0.395 e. The van der Waals surface area contributed by atoms with Crippen molar-refractivity contribution in [1.82, 2.24) is 4.90 Å². The molecule has 2 aliphatic carbocycles. The molecule has 0 aliphatic heterocycles. The van der Waals surface area contributed by atoms with Crippen molar-refractivity contribution in [3.63, 3.8) is 0 Å². The molecular weight excluding hydrogens is 214 g/mol. The summed E-state index contributed by atoms with van der Waals surface area (Å²) in [5.41, 5.74) is -0.150. The van der Waals surface area contributed by atoms with Crippen LogP contribution >= 0.6 is 0 Å². The zero-order chi connectivity index (χ0) is 12.3. The molecule has 0 aromatic carbocycles. The van der Waals surface area contributed by atoms with E-state index in [0.29, 0.717) is 18.5 Å². The van der Waals surface area contributed by atoms with E-state index in [2.05, 4.69) is 6.92 Å². The Morgan fingerprint density at radius 1 is 1.24 bits per heavy atom. The van der Waals surface area contributed by atoms with Crippen LogP contribution in [0.2, 0.25) is 0 Å². The van der Waals surface area contributed by atoms with Gasteiger partial charge in [0.15, 0.2) is 0 Å². The lowest BCUT2D eigenvalue weighted by molar-refractivity contribution is -0.148. The van der Waals surface area contributed by atoms with Crippen LogP contribution in [0, 0.1) is 5.41 Å². The van der Waals surface area contributed by atoms with E-state index in [1.165, 1.54) is 25.7 Å². The molecule has 98 valence electrons. The molecule has 0 aromatic heterocycles. The summed E-state index contributed by atoms with van der Waals surface area (Å²) in [6, 6.07) is 0.411. The van der Waals surface area contributed by atoms with Gasteiger partial charge in [0, 0.05) is 18.0 Å². The van der Waals surface area contributed by atoms with Crippen LogP contribution in [0.5, 0.6) is 0 Å². The Morgan fingerprint density at radius 2 is 1.88 bits per heavy atom. The second kappa shape index (κ2) is 5.38. The number of hydrogen-bond donors (Lipinski definition) is 1. The third-order valence-electron chi connectivity index (χ3n) is 4.59. The van der Waals surface area contributed by atoms with Crippen molar-refractivity contribution >= 4 is 5.91 Å². The standard InChI is InChI=1S/C14H25NO2/c1-14(8-3-2-4-9-14)13(17)15(10-11-16)12-6-5-7-12/h12,16H,2-11H2,1H3. The van der Waals surface area contributed by atoms with Crippen molar-refractivity contribution in [2.45, 2.75) is 64.3 Å². The van der Waals surface area contributed by atoms with E-state index < -0.39 is 0 Å². The second-order valence-corrected chi connectivity index (χ2v) is 5.93. The molecule has 3 heteroatoms. The number of rotatable bonds is 4. The van der Waals surface area contributed by atoms with Gasteiger partial charge in [-0.1, -0.05) is 26.2 Å². The molecule has 0 radical (unpaired) electrons. The van der Waals surface area contributed by atoms with Crippen LogP contribution in [0.15, 0.2) is 0 Å². The number of aliphatic hydroxyl groups excluding tert-OH is 1. The van der Waals surface area contributed by atoms with Crippen molar-refractivity contribution in [3.05, 3.63) is 0 Å². The van der Waals surface area contributed by atoms with E-state index in [1.807, 2.05) is 4.90 Å². The second-order valence-electron chi connectivity index (χ2n) is 5.93. The highest BCUT2D eigenvalue weighted by Crippen LogP contribution is 2.39. The number of amides is 1. The van der Waals surface area contributed by atoms with Gasteiger partial charge in [0.2, 0.25) is 5.91 Å². The molecule has 1 amide bonds. The minimum atomic E-state index is -0.150. The van der Waals surface area contributed by atoms with Crippen molar-refractivity contribution in [2.24, 2.45) is 5.41 Å². The first kappa shape index (κ1) is 12.9. The van der Waals surface area contributed by atoms with Gasteiger partial charge < -0.3 is 10.0 Å². The first-order valence-corrected chi connectivity index (χ1v) is 7.09. The number of carbonyl (C=O) groups excluding carboxylic acids is 1. The van der Waals surface area contributed by atoms with Crippen LogP contribution < -0.4 is 0 Å². The fraction of sp³-hybridized carbons (Fsp3) is 0.929. The van der Waals surface area contributed by atoms with E-state index in [4.69, 9.17) is 5.11 Å². The number of nitrogens with zero attached hydrogens (tertiary/aromatic N) is 1. The molecule has 0 aromatic rings. The zero-order valence-corrected chi connectivity index (χ0v) is 11.0. The number of hydrogen-bond acceptors (Lipinski definition) is 2. The third kappa shape index (κ3) is 2.65. The first-order valence-electron chi connectivity index (χ1n) is 7.09. The Balaban J connectivity index is 2.03. The largest absolute Gasteiger partial charge is 0.395 e. The van der Waals surface area contributed by atoms with Gasteiger partial charge in [-0.2, -0.15) is 0 Å². The normalized spacial score (nSPS) is 24.1. The number of aliphatic hydroxyl groups is 1. The van der Waals surface area contributed by atoms with Gasteiger partial charge >= 0.3 is 0 Å². The molecule has 0 heterocycles. The van der Waals surface area contributed by atoms with Crippen LogP contribution in [-0.2, 0) is 4.79 Å². The minimum absolute atomic E-state index is 0.0956. The van der Waals surface area contributed by atoms with Crippen molar-refractivity contribution in [3.8, 4) is 0 Å². The predicted octanol–water partition coefficient (Wildman–Crippen LogP) is 2.33. The summed E-state index contributed by atoms with van der Waals surface area (Å²) in [7, 11) is 0. The van der Waals surface area contributed by atoms with Gasteiger partial charge in [-0.05, 0) is 32.1 Å². The monoisotopic (exact) mass is 239 g/mol. The van der Waals surface area contributed by atoms with Crippen LogP contribution in [0.4, 0.5) is 0 Å². The van der Waals surface area contributed by atoms with Gasteiger partial charge in [-0.15, -0.1) is 0 Å². The van der Waals surface area contributed by atoms with Crippen LogP contribution in [-0.4, -0.2) is 35.1 Å². The fourth-order valence-corrected chi connectivity index (χ4v) is 3.15. The molecule has 2 rings (SSSR count). The maximum Gasteiger partial charge on any atom is 0.228 e. The third-order valence-corrected chi connectivity index (χ3v) is 4.59. The maximum absolute atomic E-state index is 12.7. The average Bonchev–Trinajstić information content (AvgIpc) is 2.26. The van der Waals surface area contributed by atoms with Gasteiger partial charge in [0.1, 0.15) is 0 Å². The molecule has 0 unspecified atom stereocenters. The SMILES string of the molecule is CC1(C(=O)N(CCO)C2CCC2)CCCCC1. The molecule has 0 bridgehead atoms. The molecular formula is C14H25NO2. The van der Waals surface area contributed by atoms with Gasteiger partial charge in [0.05, 0.1) is 6.61 Å². The highest BCUT2D eigenvalue weighted by Gasteiger charge is 2.40. The Labute approximate surface area is 104 Å². The quantitative estimate of drug-likeness (QED) is 0.818. The summed E-state index contributed by atoms with van der Waals surface area (Å²) in [5.74, 6) is 0.302. The van der Waals surface area contributed by atoms with Gasteiger partial charge in [0.25, 0.3) is 0 Å². The lowest BCUT2D eigenvalue weighted by Crippen LogP contribution is -2.51. The fourth-order valence-electron chi connectivity index (χ4n) is 3.15. The molecule has 2 aliphatic rings. The molecule has 0 saturated heterocycles. The van der Waals surface area contributed by atoms with E-state index in [0.717, 1.165) is 25.7 Å². The van der Waals surface area contributed by atoms with Gasteiger partial charge in [-0.3, -0.25) is 4.79 Å². The zero-order valence-electron chi connectivity index (χ0n) is 11.0. The topological polar surface area (TPSA) is 40.5 Å². The summed E-state index contributed by atoms with van der Waals surface area (Å²) < 4.78 is 0. The summed E-state index contributed by atoms with van der Waals surface area (Å²) in [6.45, 7) is 2.74.